The van der Waals surface area contributed by atoms with Gasteiger partial charge in [-0.25, -0.2) is 8.78 Å². The quantitative estimate of drug-likeness (QED) is 0.643. The average Bonchev–Trinajstić information content (AvgIpc) is 2.14. The summed E-state index contributed by atoms with van der Waals surface area (Å²) in [5.74, 6) is -3.73. The summed E-state index contributed by atoms with van der Waals surface area (Å²) in [4.78, 5) is 11.3. The van der Waals surface area contributed by atoms with Crippen molar-refractivity contribution in [2.75, 3.05) is 0 Å². The Kier molecular flexibility index (Phi) is 3.41. The first-order chi connectivity index (χ1) is 6.86. The van der Waals surface area contributed by atoms with E-state index in [0.29, 0.717) is 6.07 Å². The van der Waals surface area contributed by atoms with Gasteiger partial charge >= 0.3 is 0 Å². The zero-order valence-corrected chi connectivity index (χ0v) is 9.31. The molecule has 0 amide bonds. The molecule has 3 N–H and O–H groups in total. The summed E-state index contributed by atoms with van der Waals surface area (Å²) in [7, 11) is 0. The van der Waals surface area contributed by atoms with Gasteiger partial charge in [-0.3, -0.25) is 4.79 Å². The first-order valence-electron chi connectivity index (χ1n) is 4.02. The second-order valence-electron chi connectivity index (χ2n) is 3.03. The van der Waals surface area contributed by atoms with Crippen LogP contribution >= 0.6 is 15.9 Å². The topological polar surface area (TPSA) is 63.3 Å². The number of carbonyl (C=O) groups excluding carboxylic acids is 1. The van der Waals surface area contributed by atoms with Crippen LogP contribution in [0.15, 0.2) is 10.5 Å². The van der Waals surface area contributed by atoms with Crippen LogP contribution in [0.5, 0.6) is 5.75 Å². The number of ketones is 1. The minimum atomic E-state index is -1.14. The fourth-order valence-corrected chi connectivity index (χ4v) is 1.35. The smallest absolute Gasteiger partial charge is 0.185 e. The zero-order valence-electron chi connectivity index (χ0n) is 7.72. The molecule has 0 aromatic heterocycles. The van der Waals surface area contributed by atoms with Crippen LogP contribution in [0.3, 0.4) is 0 Å². The van der Waals surface area contributed by atoms with Crippen molar-refractivity contribution in [3.05, 3.63) is 27.7 Å². The van der Waals surface area contributed by atoms with Crippen molar-refractivity contribution in [2.45, 2.75) is 13.0 Å². The van der Waals surface area contributed by atoms with E-state index in [4.69, 9.17) is 10.8 Å². The number of phenolic OH excluding ortho intramolecular Hbond substituents is 1. The van der Waals surface area contributed by atoms with E-state index < -0.39 is 34.8 Å². The molecule has 0 saturated heterocycles. The predicted molar refractivity (Wildman–Crippen MR) is 53.7 cm³/mol. The van der Waals surface area contributed by atoms with Gasteiger partial charge in [0.2, 0.25) is 0 Å². The van der Waals surface area contributed by atoms with Crippen molar-refractivity contribution in [3.63, 3.8) is 0 Å². The van der Waals surface area contributed by atoms with E-state index in [-0.39, 0.29) is 4.47 Å². The van der Waals surface area contributed by atoms with Gasteiger partial charge in [0.25, 0.3) is 0 Å². The van der Waals surface area contributed by atoms with Crippen LogP contribution < -0.4 is 5.73 Å². The van der Waals surface area contributed by atoms with E-state index in [1.54, 1.807) is 0 Å². The fraction of sp³-hybridized carbons (Fsp3) is 0.222. The second-order valence-corrected chi connectivity index (χ2v) is 3.83. The summed E-state index contributed by atoms with van der Waals surface area (Å²) in [6.45, 7) is 1.32. The highest BCUT2D eigenvalue weighted by Crippen LogP contribution is 2.31. The van der Waals surface area contributed by atoms with Crippen molar-refractivity contribution in [3.8, 4) is 5.75 Å². The van der Waals surface area contributed by atoms with Gasteiger partial charge in [-0.15, -0.1) is 0 Å². The third-order valence-corrected chi connectivity index (χ3v) is 2.55. The standard InChI is InChI=1S/C9H8BrF2NO2/c1-3(13)9(15)6-4(11)2-5(14)7(10)8(6)12/h2-3,14H,13H2,1H3. The summed E-state index contributed by atoms with van der Waals surface area (Å²) < 4.78 is 26.3. The molecule has 0 aliphatic carbocycles. The maximum atomic E-state index is 13.4. The van der Waals surface area contributed by atoms with E-state index in [0.717, 1.165) is 0 Å². The molecule has 0 fully saturated rings. The Labute approximate surface area is 93.0 Å². The highest BCUT2D eigenvalue weighted by atomic mass is 79.9. The van der Waals surface area contributed by atoms with Crippen LogP contribution in [0.25, 0.3) is 0 Å². The van der Waals surface area contributed by atoms with Gasteiger partial charge in [0, 0.05) is 6.07 Å². The number of carbonyl (C=O) groups is 1. The lowest BCUT2D eigenvalue weighted by molar-refractivity contribution is 0.0959. The lowest BCUT2D eigenvalue weighted by Crippen LogP contribution is -2.28. The molecular formula is C9H8BrF2NO2. The minimum Gasteiger partial charge on any atom is -0.507 e. The van der Waals surface area contributed by atoms with Gasteiger partial charge in [0.15, 0.2) is 11.6 Å². The molecule has 6 heteroatoms. The summed E-state index contributed by atoms with van der Waals surface area (Å²) >= 11 is 2.70. The molecular weight excluding hydrogens is 272 g/mol. The Morgan fingerprint density at radius 3 is 2.60 bits per heavy atom. The number of hydrogen-bond acceptors (Lipinski definition) is 3. The normalized spacial score (nSPS) is 12.6. The Hall–Kier alpha value is -1.01. The first-order valence-corrected chi connectivity index (χ1v) is 4.81. The van der Waals surface area contributed by atoms with E-state index in [9.17, 15) is 13.6 Å². The zero-order chi connectivity index (χ0) is 11.7. The van der Waals surface area contributed by atoms with Gasteiger partial charge in [-0.1, -0.05) is 0 Å². The summed E-state index contributed by atoms with van der Waals surface area (Å²) in [6.07, 6.45) is 0. The monoisotopic (exact) mass is 279 g/mol. The molecule has 0 aliphatic heterocycles. The maximum Gasteiger partial charge on any atom is 0.185 e. The lowest BCUT2D eigenvalue weighted by atomic mass is 10.0. The number of hydrogen-bond donors (Lipinski definition) is 2. The van der Waals surface area contributed by atoms with Crippen LogP contribution in [0.2, 0.25) is 0 Å². The molecule has 0 spiro atoms. The highest BCUT2D eigenvalue weighted by molar-refractivity contribution is 9.10. The van der Waals surface area contributed by atoms with Crippen molar-refractivity contribution in [1.82, 2.24) is 0 Å². The fourth-order valence-electron chi connectivity index (χ4n) is 1.04. The van der Waals surface area contributed by atoms with E-state index in [1.807, 2.05) is 0 Å². The molecule has 0 bridgehead atoms. The third-order valence-electron chi connectivity index (χ3n) is 1.80. The number of nitrogens with two attached hydrogens (primary N) is 1. The molecule has 0 radical (unpaired) electrons. The molecule has 1 unspecified atom stereocenters. The molecule has 1 aromatic rings. The summed E-state index contributed by atoms with van der Waals surface area (Å²) in [5, 5.41) is 9.06. The lowest BCUT2D eigenvalue weighted by Gasteiger charge is -2.09. The van der Waals surface area contributed by atoms with Crippen molar-refractivity contribution in [2.24, 2.45) is 5.73 Å². The Balaban J connectivity index is 3.43. The van der Waals surface area contributed by atoms with E-state index in [2.05, 4.69) is 15.9 Å². The highest BCUT2D eigenvalue weighted by Gasteiger charge is 2.24. The average molecular weight is 280 g/mol. The van der Waals surface area contributed by atoms with Crippen LogP contribution in [0, 0.1) is 11.6 Å². The van der Waals surface area contributed by atoms with E-state index in [1.165, 1.54) is 6.92 Å². The van der Waals surface area contributed by atoms with Crippen LogP contribution in [0.1, 0.15) is 17.3 Å². The molecule has 0 heterocycles. The number of rotatable bonds is 2. The van der Waals surface area contributed by atoms with Crippen molar-refractivity contribution >= 4 is 21.7 Å². The predicted octanol–water partition coefficient (Wildman–Crippen LogP) is 1.96. The summed E-state index contributed by atoms with van der Waals surface area (Å²) in [5.41, 5.74) is 4.49. The first kappa shape index (κ1) is 12.1. The summed E-state index contributed by atoms with van der Waals surface area (Å²) in [6, 6.07) is -0.353. The van der Waals surface area contributed by atoms with Crippen LogP contribution in [-0.4, -0.2) is 16.9 Å². The molecule has 3 nitrogen and oxygen atoms in total. The number of Topliss-reactive ketones (excluding diaryl/α,β-unsaturated/α-hetero) is 1. The molecule has 0 saturated carbocycles. The number of halogens is 3. The van der Waals surface area contributed by atoms with Gasteiger partial charge in [-0.2, -0.15) is 0 Å². The number of phenols is 1. The molecule has 1 atom stereocenters. The number of aromatic hydroxyl groups is 1. The molecule has 0 aliphatic rings. The Bertz CT molecular complexity index is 421. The maximum absolute atomic E-state index is 13.4. The Morgan fingerprint density at radius 2 is 2.13 bits per heavy atom. The minimum absolute atomic E-state index is 0.354. The molecule has 82 valence electrons. The molecule has 1 rings (SSSR count). The van der Waals surface area contributed by atoms with Gasteiger partial charge < -0.3 is 10.8 Å². The van der Waals surface area contributed by atoms with Crippen LogP contribution in [-0.2, 0) is 0 Å². The van der Waals surface area contributed by atoms with Crippen molar-refractivity contribution < 1.29 is 18.7 Å². The van der Waals surface area contributed by atoms with Gasteiger partial charge in [-0.05, 0) is 22.9 Å². The molecule has 1 aromatic carbocycles. The third kappa shape index (κ3) is 2.15. The number of benzene rings is 1. The van der Waals surface area contributed by atoms with Crippen molar-refractivity contribution in [1.29, 1.82) is 0 Å². The van der Waals surface area contributed by atoms with Gasteiger partial charge in [0.05, 0.1) is 16.1 Å². The Morgan fingerprint density at radius 1 is 1.60 bits per heavy atom. The molecule has 15 heavy (non-hydrogen) atoms. The van der Waals surface area contributed by atoms with Crippen LogP contribution in [0.4, 0.5) is 8.78 Å². The van der Waals surface area contributed by atoms with E-state index >= 15 is 0 Å². The second kappa shape index (κ2) is 4.24. The van der Waals surface area contributed by atoms with Gasteiger partial charge in [0.1, 0.15) is 11.6 Å². The largest absolute Gasteiger partial charge is 0.507 e. The SMILES string of the molecule is CC(N)C(=O)c1c(F)cc(O)c(Br)c1F.